The summed E-state index contributed by atoms with van der Waals surface area (Å²) in [7, 11) is 0. The van der Waals surface area contributed by atoms with Gasteiger partial charge in [0.05, 0.1) is 6.20 Å². The van der Waals surface area contributed by atoms with Crippen molar-refractivity contribution in [3.05, 3.63) is 66.1 Å². The number of benzene rings is 1. The minimum Gasteiger partial charge on any atom is -0.501 e. The topological polar surface area (TPSA) is 28.5 Å². The summed E-state index contributed by atoms with van der Waals surface area (Å²) in [6, 6.07) is 12.1. The smallest absolute Gasteiger partial charge is 0.329 e. The zero-order valence-electron chi connectivity index (χ0n) is 10.2. The molecule has 3 nitrogen and oxygen atoms in total. The molecule has 0 radical (unpaired) electrons. The first-order valence-electron chi connectivity index (χ1n) is 5.98. The van der Waals surface area contributed by atoms with E-state index in [2.05, 4.69) is 16.7 Å². The largest absolute Gasteiger partial charge is 0.501 e. The van der Waals surface area contributed by atoms with Crippen LogP contribution in [0.2, 0.25) is 0 Å². The summed E-state index contributed by atoms with van der Waals surface area (Å²) in [6.45, 7) is 2.67. The molecule has 0 fully saturated rings. The van der Waals surface area contributed by atoms with Gasteiger partial charge in [0.15, 0.2) is 0 Å². The first kappa shape index (κ1) is 10.8. The van der Waals surface area contributed by atoms with Gasteiger partial charge in [0.1, 0.15) is 18.9 Å². The number of hydrogen-bond donors (Lipinski definition) is 1. The van der Waals surface area contributed by atoms with Crippen molar-refractivity contribution in [2.75, 3.05) is 0 Å². The normalized spacial score (nSPS) is 10.9. The first-order valence-corrected chi connectivity index (χ1v) is 5.98. The molecule has 0 aliphatic rings. The molecule has 0 amide bonds. The van der Waals surface area contributed by atoms with Crippen LogP contribution in [0.1, 0.15) is 11.1 Å². The molecule has 0 spiro atoms. The van der Waals surface area contributed by atoms with E-state index in [1.807, 2.05) is 54.2 Å². The second kappa shape index (κ2) is 4.18. The van der Waals surface area contributed by atoms with Gasteiger partial charge < -0.3 is 5.11 Å². The van der Waals surface area contributed by atoms with E-state index in [0.29, 0.717) is 5.75 Å². The van der Waals surface area contributed by atoms with Gasteiger partial charge in [-0.05, 0) is 18.6 Å². The molecule has 0 saturated heterocycles. The Labute approximate surface area is 106 Å². The summed E-state index contributed by atoms with van der Waals surface area (Å²) >= 11 is 0. The molecule has 1 aromatic carbocycles. The maximum Gasteiger partial charge on any atom is 0.329 e. The molecule has 3 aromatic rings. The zero-order valence-corrected chi connectivity index (χ0v) is 10.2. The summed E-state index contributed by atoms with van der Waals surface area (Å²) in [5, 5.41) is 10.2. The van der Waals surface area contributed by atoms with E-state index < -0.39 is 0 Å². The van der Waals surface area contributed by atoms with Crippen LogP contribution in [0.25, 0.3) is 5.65 Å². The molecule has 0 saturated carbocycles. The number of pyridine rings is 1. The molecule has 0 atom stereocenters. The molecule has 1 N–H and O–H groups in total. The Kier molecular flexibility index (Phi) is 2.52. The van der Waals surface area contributed by atoms with Gasteiger partial charge in [0.2, 0.25) is 5.75 Å². The molecular formula is C15H15N2O+. The summed E-state index contributed by atoms with van der Waals surface area (Å²) in [4.78, 5) is 0. The lowest BCUT2D eigenvalue weighted by molar-refractivity contribution is -0.662. The predicted molar refractivity (Wildman–Crippen MR) is 69.5 cm³/mol. The van der Waals surface area contributed by atoms with Crippen LogP contribution >= 0.6 is 0 Å². The standard InChI is InChI=1S/C15H14N2O/c1-12-7-8-16-9-10-17(15(16)14(12)18)11-13-5-3-2-4-6-13/h2-10H,11H2,1H3/p+1. The summed E-state index contributed by atoms with van der Waals surface area (Å²) in [5.41, 5.74) is 2.94. The number of aryl methyl sites for hydroxylation is 1. The minimum atomic E-state index is 0.346. The summed E-state index contributed by atoms with van der Waals surface area (Å²) in [6.07, 6.45) is 5.91. The van der Waals surface area contributed by atoms with E-state index in [9.17, 15) is 5.11 Å². The van der Waals surface area contributed by atoms with Gasteiger partial charge in [-0.2, -0.15) is 4.40 Å². The van der Waals surface area contributed by atoms with Gasteiger partial charge in [0, 0.05) is 5.56 Å². The third kappa shape index (κ3) is 1.74. The van der Waals surface area contributed by atoms with Gasteiger partial charge in [0.25, 0.3) is 0 Å². The monoisotopic (exact) mass is 239 g/mol. The molecule has 90 valence electrons. The Morgan fingerprint density at radius 1 is 1.11 bits per heavy atom. The molecule has 2 aromatic heterocycles. The Morgan fingerprint density at radius 3 is 2.67 bits per heavy atom. The van der Waals surface area contributed by atoms with Crippen LogP contribution in [0.15, 0.2) is 55.0 Å². The van der Waals surface area contributed by atoms with Crippen molar-refractivity contribution in [1.82, 2.24) is 4.40 Å². The van der Waals surface area contributed by atoms with Crippen LogP contribution in [-0.4, -0.2) is 9.51 Å². The van der Waals surface area contributed by atoms with Crippen LogP contribution < -0.4 is 4.57 Å². The lowest BCUT2D eigenvalue weighted by Gasteiger charge is -2.01. The van der Waals surface area contributed by atoms with Gasteiger partial charge in [-0.3, -0.25) is 0 Å². The number of hydrogen-bond acceptors (Lipinski definition) is 1. The van der Waals surface area contributed by atoms with Crippen molar-refractivity contribution in [2.45, 2.75) is 13.5 Å². The van der Waals surface area contributed by atoms with Crippen LogP contribution in [-0.2, 0) is 6.54 Å². The van der Waals surface area contributed by atoms with E-state index in [0.717, 1.165) is 17.8 Å². The van der Waals surface area contributed by atoms with Crippen molar-refractivity contribution in [3.63, 3.8) is 0 Å². The van der Waals surface area contributed by atoms with Crippen molar-refractivity contribution < 1.29 is 9.67 Å². The Hall–Kier alpha value is -2.29. The Balaban J connectivity index is 2.10. The minimum absolute atomic E-state index is 0.346. The van der Waals surface area contributed by atoms with E-state index >= 15 is 0 Å². The third-order valence-electron chi connectivity index (χ3n) is 3.19. The highest BCUT2D eigenvalue weighted by Crippen LogP contribution is 2.20. The molecule has 0 aliphatic carbocycles. The van der Waals surface area contributed by atoms with Gasteiger partial charge in [-0.25, -0.2) is 4.57 Å². The second-order valence-corrected chi connectivity index (χ2v) is 4.49. The molecule has 0 aliphatic heterocycles. The molecule has 0 bridgehead atoms. The number of nitrogens with zero attached hydrogens (tertiary/aromatic N) is 2. The maximum atomic E-state index is 10.2. The summed E-state index contributed by atoms with van der Waals surface area (Å²) in [5.74, 6) is 0.346. The highest BCUT2D eigenvalue weighted by Gasteiger charge is 2.16. The first-order chi connectivity index (χ1) is 8.75. The van der Waals surface area contributed by atoms with Gasteiger partial charge >= 0.3 is 5.65 Å². The Bertz CT molecular complexity index is 686. The van der Waals surface area contributed by atoms with Crippen molar-refractivity contribution in [2.24, 2.45) is 0 Å². The highest BCUT2D eigenvalue weighted by atomic mass is 16.3. The average molecular weight is 239 g/mol. The van der Waals surface area contributed by atoms with Crippen molar-refractivity contribution in [3.8, 4) is 5.75 Å². The fraction of sp³-hybridized carbons (Fsp3) is 0.133. The number of aromatic hydroxyl groups is 1. The van der Waals surface area contributed by atoms with E-state index in [4.69, 9.17) is 0 Å². The maximum absolute atomic E-state index is 10.2. The third-order valence-corrected chi connectivity index (χ3v) is 3.19. The molecule has 18 heavy (non-hydrogen) atoms. The second-order valence-electron chi connectivity index (χ2n) is 4.49. The van der Waals surface area contributed by atoms with Gasteiger partial charge in [-0.15, -0.1) is 0 Å². The van der Waals surface area contributed by atoms with Gasteiger partial charge in [-0.1, -0.05) is 30.3 Å². The molecule has 2 heterocycles. The summed E-state index contributed by atoms with van der Waals surface area (Å²) < 4.78 is 3.99. The number of imidazole rings is 1. The number of aromatic nitrogens is 2. The van der Waals surface area contributed by atoms with Crippen LogP contribution in [0.4, 0.5) is 0 Å². The zero-order chi connectivity index (χ0) is 12.5. The SMILES string of the molecule is Cc1ccn2cc[n+](Cc3ccccc3)c2c1O. The molecule has 3 heteroatoms. The van der Waals surface area contributed by atoms with Crippen LogP contribution in [0.3, 0.4) is 0 Å². The lowest BCUT2D eigenvalue weighted by Crippen LogP contribution is -2.32. The number of fused-ring (bicyclic) bond motifs is 1. The van der Waals surface area contributed by atoms with E-state index in [1.165, 1.54) is 5.56 Å². The van der Waals surface area contributed by atoms with Crippen molar-refractivity contribution >= 4 is 5.65 Å². The fourth-order valence-corrected chi connectivity index (χ4v) is 2.18. The highest BCUT2D eigenvalue weighted by molar-refractivity contribution is 5.52. The van der Waals surface area contributed by atoms with Crippen molar-refractivity contribution in [1.29, 1.82) is 0 Å². The predicted octanol–water partition coefficient (Wildman–Crippen LogP) is 2.29. The molecular weight excluding hydrogens is 224 g/mol. The van der Waals surface area contributed by atoms with E-state index in [1.54, 1.807) is 0 Å². The van der Waals surface area contributed by atoms with E-state index in [-0.39, 0.29) is 0 Å². The van der Waals surface area contributed by atoms with Crippen LogP contribution in [0.5, 0.6) is 5.75 Å². The average Bonchev–Trinajstić information content (AvgIpc) is 2.79. The Morgan fingerprint density at radius 2 is 1.89 bits per heavy atom. The fourth-order valence-electron chi connectivity index (χ4n) is 2.18. The molecule has 0 unspecified atom stereocenters. The number of rotatable bonds is 2. The van der Waals surface area contributed by atoms with Crippen LogP contribution in [0, 0.1) is 6.92 Å². The lowest BCUT2D eigenvalue weighted by atomic mass is 10.2. The quantitative estimate of drug-likeness (QED) is 0.683. The molecule has 3 rings (SSSR count).